The zero-order valence-corrected chi connectivity index (χ0v) is 78.7. The third-order valence-electron chi connectivity index (χ3n) is 17.2. The molecule has 0 saturated carbocycles. The molecule has 0 aromatic heterocycles. The van der Waals surface area contributed by atoms with Gasteiger partial charge >= 0.3 is 53.7 Å². The number of carbonyl (C=O) groups excluding carboxylic acids is 9. The van der Waals surface area contributed by atoms with E-state index in [0.717, 1.165) is 19.3 Å². The topological polar surface area (TPSA) is 571 Å². The van der Waals surface area contributed by atoms with Gasteiger partial charge in [-0.05, 0) is 150 Å². The monoisotopic (exact) mass is 1760 g/mol. The van der Waals surface area contributed by atoms with Gasteiger partial charge in [0.05, 0.1) is 0 Å². The van der Waals surface area contributed by atoms with Crippen LogP contribution in [-0.2, 0) is 86.3 Å². The molecule has 3 fully saturated rings. The van der Waals surface area contributed by atoms with Gasteiger partial charge in [-0.15, -0.1) is 0 Å². The lowest BCUT2D eigenvalue weighted by molar-refractivity contribution is -0.148. The third kappa shape index (κ3) is 69.6. The predicted molar refractivity (Wildman–Crippen MR) is 465 cm³/mol. The molecule has 0 aromatic carbocycles. The second-order valence-corrected chi connectivity index (χ2v) is 36.3. The zero-order chi connectivity index (χ0) is 97.3. The smallest absolute Gasteiger partial charge is 0.326 e. The normalized spacial score (nSPS) is 15.8. The lowest BCUT2D eigenvalue weighted by Gasteiger charge is -2.22. The summed E-state index contributed by atoms with van der Waals surface area (Å²) in [4.78, 5) is 202. The van der Waals surface area contributed by atoms with Crippen LogP contribution in [0.5, 0.6) is 0 Å². The van der Waals surface area contributed by atoms with Crippen LogP contribution >= 0.6 is 0 Å². The van der Waals surface area contributed by atoms with E-state index in [0.29, 0.717) is 116 Å². The van der Waals surface area contributed by atoms with Gasteiger partial charge in [-0.3, -0.25) is 57.5 Å². The summed E-state index contributed by atoms with van der Waals surface area (Å²) in [6.07, 6.45) is 9.22. The standard InChI is InChI=1S/3C11H21NO3.3C10H17NO3.3C8H15NO3/c3*1-7(2)5-9(11(14)15)12-10(13)6-8(3)4;3*1-7(2)6-9(12)11-5-3-4-8(11)10(13)14;3*1-5(2)4-7(10)9-6(3)8(11)12/h3*7-9H,5-6H2,1-4H3,(H,12,13)(H,14,15);3*7-8H,3-6H2,1-2H3,(H,13,14);3*5-6H,4H2,1-3H3,(H,9,10)(H,11,12)/t2*9-;;2*8-;;2*6-;/m10.10.10./s1. The van der Waals surface area contributed by atoms with E-state index in [2.05, 4.69) is 31.9 Å². The van der Waals surface area contributed by atoms with Gasteiger partial charge in [0.15, 0.2) is 0 Å². The minimum absolute atomic E-state index is 0.0232. The van der Waals surface area contributed by atoms with E-state index in [9.17, 15) is 86.3 Å². The quantitative estimate of drug-likeness (QED) is 0.0272. The number of carboxylic acids is 9. The molecule has 3 aliphatic rings. The van der Waals surface area contributed by atoms with Crippen LogP contribution in [0, 0.1) is 71.0 Å². The Morgan fingerprint density at radius 1 is 0.228 bits per heavy atom. The van der Waals surface area contributed by atoms with Crippen LogP contribution in [0.2, 0.25) is 0 Å². The fraction of sp³-hybridized carbons (Fsp3) is 0.793. The molecule has 36 nitrogen and oxygen atoms in total. The number of hydrogen-bond acceptors (Lipinski definition) is 18. The first kappa shape index (κ1) is 124. The summed E-state index contributed by atoms with van der Waals surface area (Å²) in [6, 6.07) is -6.39. The van der Waals surface area contributed by atoms with Crippen LogP contribution in [0.4, 0.5) is 0 Å². The maximum Gasteiger partial charge on any atom is 0.326 e. The number of amides is 9. The van der Waals surface area contributed by atoms with Crippen molar-refractivity contribution in [3.05, 3.63) is 0 Å². The fourth-order valence-electron chi connectivity index (χ4n) is 11.5. The first-order valence-electron chi connectivity index (χ1n) is 43.0. The third-order valence-corrected chi connectivity index (χ3v) is 17.2. The van der Waals surface area contributed by atoms with Crippen LogP contribution in [0.25, 0.3) is 0 Å². The Balaban J connectivity index is -0.000000313. The zero-order valence-electron chi connectivity index (χ0n) is 78.7. The molecular formula is C87H159N9O27. The molecule has 0 aromatic rings. The van der Waals surface area contributed by atoms with Gasteiger partial charge in [0.2, 0.25) is 53.2 Å². The minimum atomic E-state index is -1.01. The Morgan fingerprint density at radius 2 is 0.382 bits per heavy atom. The van der Waals surface area contributed by atoms with E-state index in [1.54, 1.807) is 0 Å². The molecular weight excluding hydrogens is 1600 g/mol. The second kappa shape index (κ2) is 67.9. The first-order valence-corrected chi connectivity index (χ1v) is 43.0. The Bertz CT molecular complexity index is 2900. The molecule has 15 N–H and O–H groups in total. The van der Waals surface area contributed by atoms with Gasteiger partial charge in [0.25, 0.3) is 0 Å². The van der Waals surface area contributed by atoms with Crippen LogP contribution in [-0.4, -0.2) is 242 Å². The van der Waals surface area contributed by atoms with Gasteiger partial charge in [0, 0.05) is 77.4 Å². The SMILES string of the molecule is CC(C)CC(=O)N1CCCC1C(=O)O.CC(C)CC(=O)N1CCC[C@@H]1C(=O)O.CC(C)CC(=O)N1CCC[C@H]1C(=O)O.CC(C)CC(=O)NC(C)C(=O)O.CC(C)CC(=O)NC(CC(C)C)C(=O)O.CC(C)CC(=O)N[C@@H](C)C(=O)O.CC(C)CC(=O)N[C@@H](CC(C)C)C(=O)O.CC(C)CC(=O)N[C@H](C)C(=O)O.CC(C)CC(=O)N[C@H](CC(C)C)C(=O)O. The summed E-state index contributed by atoms with van der Waals surface area (Å²) in [7, 11) is 0. The van der Waals surface area contributed by atoms with E-state index in [-0.39, 0.29) is 124 Å². The highest BCUT2D eigenvalue weighted by Crippen LogP contribution is 2.23. The number of rotatable bonds is 39. The molecule has 0 aliphatic carbocycles. The van der Waals surface area contributed by atoms with Crippen molar-refractivity contribution in [1.82, 2.24) is 46.6 Å². The molecule has 0 spiro atoms. The van der Waals surface area contributed by atoms with Crippen molar-refractivity contribution < 1.29 is 132 Å². The molecule has 123 heavy (non-hydrogen) atoms. The van der Waals surface area contributed by atoms with Gasteiger partial charge in [-0.1, -0.05) is 166 Å². The van der Waals surface area contributed by atoms with Crippen molar-refractivity contribution in [2.75, 3.05) is 19.6 Å². The summed E-state index contributed by atoms with van der Waals surface area (Å²) in [6.45, 7) is 52.5. The molecule has 3 saturated heterocycles. The van der Waals surface area contributed by atoms with Crippen molar-refractivity contribution in [1.29, 1.82) is 0 Å². The highest BCUT2D eigenvalue weighted by Gasteiger charge is 2.37. The highest BCUT2D eigenvalue weighted by atomic mass is 16.4. The Morgan fingerprint density at radius 3 is 0.504 bits per heavy atom. The van der Waals surface area contributed by atoms with Crippen molar-refractivity contribution in [2.24, 2.45) is 71.0 Å². The number of hydrogen-bond donors (Lipinski definition) is 15. The maximum atomic E-state index is 11.6. The number of carboxylic acid groups (broad SMARTS) is 9. The predicted octanol–water partition coefficient (Wildman–Crippen LogP) is 10.1. The van der Waals surface area contributed by atoms with Gasteiger partial charge < -0.3 is 92.6 Å². The number of aliphatic carboxylic acids is 9. The van der Waals surface area contributed by atoms with Crippen molar-refractivity contribution in [3.63, 3.8) is 0 Å². The van der Waals surface area contributed by atoms with Crippen LogP contribution in [0.15, 0.2) is 0 Å². The van der Waals surface area contributed by atoms with Crippen molar-refractivity contribution >= 4 is 107 Å². The molecule has 0 radical (unpaired) electrons. The van der Waals surface area contributed by atoms with Crippen LogP contribution in [0.1, 0.15) is 303 Å². The van der Waals surface area contributed by atoms with E-state index in [1.165, 1.54) is 35.5 Å². The van der Waals surface area contributed by atoms with Gasteiger partial charge in [-0.25, -0.2) is 28.8 Å². The van der Waals surface area contributed by atoms with Crippen molar-refractivity contribution in [3.8, 4) is 0 Å². The Labute approximate surface area is 730 Å². The van der Waals surface area contributed by atoms with E-state index < -0.39 is 108 Å². The maximum absolute atomic E-state index is 11.6. The molecule has 9 amide bonds. The summed E-state index contributed by atoms with van der Waals surface area (Å²) in [5, 5.41) is 93.4. The van der Waals surface area contributed by atoms with Crippen LogP contribution < -0.4 is 31.9 Å². The van der Waals surface area contributed by atoms with E-state index in [4.69, 9.17) is 46.0 Å². The average molecular weight is 1760 g/mol. The largest absolute Gasteiger partial charge is 0.480 e. The van der Waals surface area contributed by atoms with E-state index in [1.807, 2.05) is 166 Å². The number of likely N-dealkylation sites (tertiary alicyclic amines) is 3. The summed E-state index contributed by atoms with van der Waals surface area (Å²) < 4.78 is 0. The fourth-order valence-corrected chi connectivity index (χ4v) is 11.5. The molecule has 714 valence electrons. The number of carbonyl (C=O) groups is 18. The lowest BCUT2D eigenvalue weighted by atomic mass is 10.0. The highest BCUT2D eigenvalue weighted by molar-refractivity contribution is 5.89. The molecule has 0 bridgehead atoms. The van der Waals surface area contributed by atoms with Crippen molar-refractivity contribution in [2.45, 2.75) is 357 Å². The number of nitrogens with zero attached hydrogens (tertiary/aromatic N) is 3. The first-order chi connectivity index (χ1) is 56.3. The average Bonchev–Trinajstić information content (AvgIpc) is 1.73. The lowest BCUT2D eigenvalue weighted by Crippen LogP contribution is -2.41. The minimum Gasteiger partial charge on any atom is -0.480 e. The Kier molecular flexibility index (Phi) is 68.6. The van der Waals surface area contributed by atoms with E-state index >= 15 is 0 Å². The van der Waals surface area contributed by atoms with Crippen LogP contribution in [0.3, 0.4) is 0 Å². The Hall–Kier alpha value is -9.54. The summed E-state index contributed by atoms with van der Waals surface area (Å²) >= 11 is 0. The van der Waals surface area contributed by atoms with Gasteiger partial charge in [0.1, 0.15) is 54.4 Å². The summed E-state index contributed by atoms with van der Waals surface area (Å²) in [5.41, 5.74) is 0. The summed E-state index contributed by atoms with van der Waals surface area (Å²) in [5.74, 6) is -6.62. The molecule has 3 heterocycles. The molecule has 3 unspecified atom stereocenters. The number of nitrogens with one attached hydrogen (secondary N) is 6. The molecule has 3 rings (SSSR count). The molecule has 9 atom stereocenters. The molecule has 3 aliphatic heterocycles. The molecule has 36 heteroatoms. The second-order valence-electron chi connectivity index (χ2n) is 36.3. The van der Waals surface area contributed by atoms with Gasteiger partial charge in [-0.2, -0.15) is 0 Å².